The molecule has 2 heterocycles. The quantitative estimate of drug-likeness (QED) is 0.301. The molecule has 6 heteroatoms. The number of pyridine rings is 2. The van der Waals surface area contributed by atoms with Crippen molar-refractivity contribution >= 4 is 36.3 Å². The van der Waals surface area contributed by atoms with Gasteiger partial charge in [-0.1, -0.05) is 62.0 Å². The summed E-state index contributed by atoms with van der Waals surface area (Å²) in [4.78, 5) is 21.7. The topological polar surface area (TPSA) is 66.9 Å². The van der Waals surface area contributed by atoms with Crippen LogP contribution in [0.25, 0.3) is 10.8 Å². The van der Waals surface area contributed by atoms with Crippen molar-refractivity contribution in [2.24, 2.45) is 0 Å². The van der Waals surface area contributed by atoms with Crippen LogP contribution < -0.4 is 10.6 Å². The second kappa shape index (κ2) is 9.68. The fraction of sp³-hybridized carbons (Fsp3) is 0.148. The number of carbonyl (C=O) groups excluding carboxylic acids is 1. The smallest absolute Gasteiger partial charge is 0.258 e. The number of rotatable bonds is 5. The van der Waals surface area contributed by atoms with Crippen LogP contribution in [0.15, 0.2) is 79.1 Å². The predicted octanol–water partition coefficient (Wildman–Crippen LogP) is 5.72. The highest BCUT2D eigenvalue weighted by atomic mass is 28.3. The number of fused-ring (bicyclic) bond motifs is 1. The summed E-state index contributed by atoms with van der Waals surface area (Å²) in [5.74, 6) is 3.51. The average Bonchev–Trinajstić information content (AvgIpc) is 2.81. The van der Waals surface area contributed by atoms with Gasteiger partial charge in [-0.3, -0.25) is 4.79 Å². The summed E-state index contributed by atoms with van der Waals surface area (Å²) in [5, 5.41) is 8.35. The summed E-state index contributed by atoms with van der Waals surface area (Å²) in [7, 11) is -1.46. The monoisotopic (exact) mass is 450 g/mol. The first kappa shape index (κ1) is 22.2. The highest BCUT2D eigenvalue weighted by Gasteiger charge is 2.12. The standard InChI is InChI=1S/C27H26N4OSi/c1-33(2,3)15-13-23-16-20(12-14-28-23)18-29-25-11-7-6-10-24(25)27(32)31-26-17-21-8-4-5-9-22(21)19-30-26/h4-12,14,16-17,19,29H,18H2,1-3H3,(H,30,31,32). The number of nitrogens with one attached hydrogen (secondary N) is 2. The first-order valence-electron chi connectivity index (χ1n) is 10.8. The summed E-state index contributed by atoms with van der Waals surface area (Å²) in [6, 6.07) is 21.2. The van der Waals surface area contributed by atoms with Gasteiger partial charge in [0.1, 0.15) is 19.6 Å². The number of benzene rings is 2. The Labute approximate surface area is 195 Å². The van der Waals surface area contributed by atoms with Crippen molar-refractivity contribution < 1.29 is 4.79 Å². The highest BCUT2D eigenvalue weighted by molar-refractivity contribution is 6.83. The van der Waals surface area contributed by atoms with E-state index in [-0.39, 0.29) is 5.91 Å². The molecule has 2 aromatic heterocycles. The largest absolute Gasteiger partial charge is 0.380 e. The van der Waals surface area contributed by atoms with E-state index in [0.29, 0.717) is 17.9 Å². The summed E-state index contributed by atoms with van der Waals surface area (Å²) in [6.45, 7) is 7.19. The summed E-state index contributed by atoms with van der Waals surface area (Å²) in [6.07, 6.45) is 3.54. The van der Waals surface area contributed by atoms with Gasteiger partial charge in [0.05, 0.1) is 5.56 Å². The highest BCUT2D eigenvalue weighted by Crippen LogP contribution is 2.20. The molecule has 0 aliphatic rings. The minimum atomic E-state index is -1.46. The van der Waals surface area contributed by atoms with E-state index >= 15 is 0 Å². The molecule has 0 aliphatic heterocycles. The second-order valence-corrected chi connectivity index (χ2v) is 13.6. The Morgan fingerprint density at radius 2 is 1.70 bits per heavy atom. The molecule has 5 nitrogen and oxygen atoms in total. The van der Waals surface area contributed by atoms with Gasteiger partial charge in [-0.2, -0.15) is 0 Å². The van der Waals surface area contributed by atoms with Crippen LogP contribution in [0.1, 0.15) is 21.6 Å². The normalized spacial score (nSPS) is 10.9. The molecule has 2 aromatic carbocycles. The van der Waals surface area contributed by atoms with Crippen LogP contribution in [0.3, 0.4) is 0 Å². The molecular weight excluding hydrogens is 424 g/mol. The maximum absolute atomic E-state index is 13.0. The number of amides is 1. The van der Waals surface area contributed by atoms with E-state index in [0.717, 1.165) is 27.7 Å². The van der Waals surface area contributed by atoms with Crippen LogP contribution in [-0.2, 0) is 6.54 Å². The first-order valence-corrected chi connectivity index (χ1v) is 14.3. The van der Waals surface area contributed by atoms with E-state index < -0.39 is 8.07 Å². The molecule has 0 atom stereocenters. The molecule has 33 heavy (non-hydrogen) atoms. The lowest BCUT2D eigenvalue weighted by Gasteiger charge is -2.12. The fourth-order valence-corrected chi connectivity index (χ4v) is 3.78. The van der Waals surface area contributed by atoms with Gasteiger partial charge in [0.15, 0.2) is 0 Å². The molecule has 0 bridgehead atoms. The Bertz CT molecular complexity index is 1370. The number of hydrogen-bond acceptors (Lipinski definition) is 4. The molecule has 0 spiro atoms. The third-order valence-corrected chi connectivity index (χ3v) is 5.79. The maximum Gasteiger partial charge on any atom is 0.258 e. The number of para-hydroxylation sites is 1. The zero-order valence-corrected chi connectivity index (χ0v) is 20.0. The van der Waals surface area contributed by atoms with Crippen molar-refractivity contribution in [1.82, 2.24) is 9.97 Å². The van der Waals surface area contributed by atoms with Gasteiger partial charge in [-0.05, 0) is 41.3 Å². The van der Waals surface area contributed by atoms with Crippen molar-refractivity contribution in [2.45, 2.75) is 26.2 Å². The lowest BCUT2D eigenvalue weighted by atomic mass is 10.1. The number of anilines is 2. The van der Waals surface area contributed by atoms with E-state index in [4.69, 9.17) is 0 Å². The van der Waals surface area contributed by atoms with Gasteiger partial charge < -0.3 is 10.6 Å². The Balaban J connectivity index is 1.48. The lowest BCUT2D eigenvalue weighted by molar-refractivity contribution is 0.102. The Hall–Kier alpha value is -3.95. The van der Waals surface area contributed by atoms with Crippen LogP contribution in [0.5, 0.6) is 0 Å². The van der Waals surface area contributed by atoms with Gasteiger partial charge in [0.2, 0.25) is 0 Å². The van der Waals surface area contributed by atoms with Gasteiger partial charge in [0.25, 0.3) is 5.91 Å². The van der Waals surface area contributed by atoms with Gasteiger partial charge in [-0.25, -0.2) is 9.97 Å². The maximum atomic E-state index is 13.0. The molecule has 0 saturated heterocycles. The second-order valence-electron chi connectivity index (χ2n) is 8.82. The zero-order chi connectivity index (χ0) is 23.3. The average molecular weight is 451 g/mol. The van der Waals surface area contributed by atoms with Gasteiger partial charge in [0, 0.05) is 30.0 Å². The zero-order valence-electron chi connectivity index (χ0n) is 19.0. The summed E-state index contributed by atoms with van der Waals surface area (Å²) >= 11 is 0. The SMILES string of the molecule is C[Si](C)(C)C#Cc1cc(CNc2ccccc2C(=O)Nc2cc3ccccc3cn2)ccn1. The third kappa shape index (κ3) is 6.06. The van der Waals surface area contributed by atoms with Crippen molar-refractivity contribution in [3.8, 4) is 11.5 Å². The minimum absolute atomic E-state index is 0.211. The van der Waals surface area contributed by atoms with Crippen LogP contribution in [0, 0.1) is 11.5 Å². The molecule has 4 aromatic rings. The van der Waals surface area contributed by atoms with E-state index in [1.807, 2.05) is 60.7 Å². The van der Waals surface area contributed by atoms with Crippen molar-refractivity contribution in [1.29, 1.82) is 0 Å². The fourth-order valence-electron chi connectivity index (χ4n) is 3.27. The molecule has 2 N–H and O–H groups in total. The molecule has 4 rings (SSSR count). The van der Waals surface area contributed by atoms with E-state index in [1.165, 1.54) is 0 Å². The summed E-state index contributed by atoms with van der Waals surface area (Å²) in [5.41, 5.74) is 6.47. The predicted molar refractivity (Wildman–Crippen MR) is 138 cm³/mol. The molecule has 0 aliphatic carbocycles. The first-order chi connectivity index (χ1) is 15.9. The summed E-state index contributed by atoms with van der Waals surface area (Å²) < 4.78 is 0. The van der Waals surface area contributed by atoms with Crippen LogP contribution in [0.4, 0.5) is 11.5 Å². The van der Waals surface area contributed by atoms with E-state index in [1.54, 1.807) is 18.5 Å². The Morgan fingerprint density at radius 1 is 0.939 bits per heavy atom. The van der Waals surface area contributed by atoms with E-state index in [9.17, 15) is 4.79 Å². The van der Waals surface area contributed by atoms with Crippen molar-refractivity contribution in [3.05, 3.63) is 95.9 Å². The minimum Gasteiger partial charge on any atom is -0.380 e. The van der Waals surface area contributed by atoms with Crippen LogP contribution in [-0.4, -0.2) is 23.9 Å². The molecule has 1 amide bonds. The third-order valence-electron chi connectivity index (χ3n) is 4.92. The van der Waals surface area contributed by atoms with Crippen LogP contribution >= 0.6 is 0 Å². The number of nitrogens with zero attached hydrogens (tertiary/aromatic N) is 2. The Kier molecular flexibility index (Phi) is 6.52. The molecule has 0 fully saturated rings. The van der Waals surface area contributed by atoms with Crippen molar-refractivity contribution in [3.63, 3.8) is 0 Å². The molecule has 0 radical (unpaired) electrons. The number of aromatic nitrogens is 2. The van der Waals surface area contributed by atoms with Gasteiger partial charge >= 0.3 is 0 Å². The molecule has 0 saturated carbocycles. The van der Waals surface area contributed by atoms with Crippen LogP contribution in [0.2, 0.25) is 19.6 Å². The van der Waals surface area contributed by atoms with E-state index in [2.05, 4.69) is 51.7 Å². The molecule has 0 unspecified atom stereocenters. The Morgan fingerprint density at radius 3 is 2.52 bits per heavy atom. The number of hydrogen-bond donors (Lipinski definition) is 2. The molecule has 164 valence electrons. The lowest BCUT2D eigenvalue weighted by Crippen LogP contribution is -2.16. The number of carbonyl (C=O) groups is 1. The van der Waals surface area contributed by atoms with Crippen molar-refractivity contribution in [2.75, 3.05) is 10.6 Å². The van der Waals surface area contributed by atoms with Gasteiger partial charge in [-0.15, -0.1) is 5.54 Å². The molecular formula is C27H26N4OSi.